The van der Waals surface area contributed by atoms with Gasteiger partial charge >= 0.3 is 5.69 Å². The molecule has 1 atom stereocenters. The molecule has 0 saturated carbocycles. The Morgan fingerprint density at radius 2 is 2.04 bits per heavy atom. The minimum absolute atomic E-state index is 0.0129. The molecule has 0 spiro atoms. The van der Waals surface area contributed by atoms with Crippen molar-refractivity contribution >= 4 is 23.2 Å². The van der Waals surface area contributed by atoms with Crippen molar-refractivity contribution in [2.24, 2.45) is 0 Å². The number of nitro benzene ring substituents is 1. The third-order valence-corrected chi connectivity index (χ3v) is 4.78. The van der Waals surface area contributed by atoms with Crippen LogP contribution < -0.4 is 9.47 Å². The zero-order chi connectivity index (χ0) is 19.4. The Bertz CT molecular complexity index is 840. The van der Waals surface area contributed by atoms with Crippen molar-refractivity contribution in [3.63, 3.8) is 0 Å². The Labute approximate surface area is 161 Å². The number of likely N-dealkylation sites (tertiary alicyclic amines) is 1. The van der Waals surface area contributed by atoms with E-state index in [1.54, 1.807) is 12.0 Å². The molecule has 1 amide bonds. The van der Waals surface area contributed by atoms with Crippen LogP contribution in [0, 0.1) is 10.1 Å². The average molecular weight is 391 g/mol. The molecule has 1 aliphatic rings. The number of benzene rings is 2. The van der Waals surface area contributed by atoms with E-state index in [1.165, 1.54) is 18.2 Å². The zero-order valence-electron chi connectivity index (χ0n) is 14.8. The summed E-state index contributed by atoms with van der Waals surface area (Å²) in [6, 6.07) is 11.6. The number of carbonyl (C=O) groups excluding carboxylic acids is 1. The highest BCUT2D eigenvalue weighted by atomic mass is 35.5. The molecule has 0 aromatic heterocycles. The fraction of sp³-hybridized carbons (Fsp3) is 0.316. The predicted molar refractivity (Wildman–Crippen MR) is 100 cm³/mol. The molecule has 0 aliphatic carbocycles. The molecule has 2 aromatic carbocycles. The van der Waals surface area contributed by atoms with Crippen molar-refractivity contribution in [2.45, 2.75) is 18.9 Å². The van der Waals surface area contributed by atoms with E-state index in [1.807, 2.05) is 24.3 Å². The lowest BCUT2D eigenvalue weighted by atomic mass is 10.0. The van der Waals surface area contributed by atoms with Gasteiger partial charge in [-0.2, -0.15) is 0 Å². The Morgan fingerprint density at radius 1 is 1.30 bits per heavy atom. The van der Waals surface area contributed by atoms with Gasteiger partial charge in [-0.1, -0.05) is 23.7 Å². The highest BCUT2D eigenvalue weighted by Crippen LogP contribution is 2.34. The summed E-state index contributed by atoms with van der Waals surface area (Å²) < 4.78 is 10.6. The SMILES string of the molecule is COc1ccc(C2CCCN2C(=O)COc2cc(Cl)ccc2[N+](=O)[O-])cc1. The molecule has 1 heterocycles. The molecule has 2 aromatic rings. The Hall–Kier alpha value is -2.80. The highest BCUT2D eigenvalue weighted by molar-refractivity contribution is 6.30. The van der Waals surface area contributed by atoms with Crippen LogP contribution >= 0.6 is 11.6 Å². The number of carbonyl (C=O) groups is 1. The number of halogens is 1. The molecule has 0 bridgehead atoms. The number of methoxy groups -OCH3 is 1. The first kappa shape index (κ1) is 19.0. The summed E-state index contributed by atoms with van der Waals surface area (Å²) in [4.78, 5) is 25.0. The van der Waals surface area contributed by atoms with E-state index in [0.29, 0.717) is 11.6 Å². The van der Waals surface area contributed by atoms with Crippen LogP contribution in [0.2, 0.25) is 5.02 Å². The topological polar surface area (TPSA) is 81.9 Å². The lowest BCUT2D eigenvalue weighted by Gasteiger charge is -2.25. The van der Waals surface area contributed by atoms with Gasteiger partial charge in [0.25, 0.3) is 5.91 Å². The first-order valence-electron chi connectivity index (χ1n) is 8.49. The van der Waals surface area contributed by atoms with Gasteiger partial charge in [0.15, 0.2) is 12.4 Å². The van der Waals surface area contributed by atoms with Crippen LogP contribution in [0.3, 0.4) is 0 Å². The first-order valence-corrected chi connectivity index (χ1v) is 8.87. The molecule has 7 nitrogen and oxygen atoms in total. The standard InChI is InChI=1S/C19H19ClN2O5/c1-26-15-7-4-13(5-8-15)16-3-2-10-21(16)19(23)12-27-18-11-14(20)6-9-17(18)22(24)25/h4-9,11,16H,2-3,10,12H2,1H3. The largest absolute Gasteiger partial charge is 0.497 e. The second-order valence-electron chi connectivity index (χ2n) is 6.18. The lowest BCUT2D eigenvalue weighted by Crippen LogP contribution is -2.34. The van der Waals surface area contributed by atoms with E-state index < -0.39 is 4.92 Å². The van der Waals surface area contributed by atoms with Crippen molar-refractivity contribution in [2.75, 3.05) is 20.3 Å². The van der Waals surface area contributed by atoms with E-state index >= 15 is 0 Å². The molecule has 1 unspecified atom stereocenters. The second-order valence-corrected chi connectivity index (χ2v) is 6.61. The van der Waals surface area contributed by atoms with Gasteiger partial charge in [-0.3, -0.25) is 14.9 Å². The van der Waals surface area contributed by atoms with E-state index in [2.05, 4.69) is 0 Å². The summed E-state index contributed by atoms with van der Waals surface area (Å²) in [6.07, 6.45) is 1.75. The van der Waals surface area contributed by atoms with Gasteiger partial charge in [-0.05, 0) is 36.6 Å². The molecule has 1 fully saturated rings. The smallest absolute Gasteiger partial charge is 0.311 e. The van der Waals surface area contributed by atoms with Crippen LogP contribution in [0.15, 0.2) is 42.5 Å². The molecule has 0 N–H and O–H groups in total. The number of amides is 1. The minimum atomic E-state index is -0.563. The molecule has 8 heteroatoms. The molecular weight excluding hydrogens is 372 g/mol. The summed E-state index contributed by atoms with van der Waals surface area (Å²) in [5.74, 6) is 0.523. The van der Waals surface area contributed by atoms with Crippen LogP contribution in [0.1, 0.15) is 24.4 Å². The normalized spacial score (nSPS) is 16.2. The quantitative estimate of drug-likeness (QED) is 0.550. The Balaban J connectivity index is 1.70. The molecule has 1 saturated heterocycles. The fourth-order valence-corrected chi connectivity index (χ4v) is 3.38. The maximum atomic E-state index is 12.7. The molecule has 142 valence electrons. The van der Waals surface area contributed by atoms with E-state index in [-0.39, 0.29) is 30.0 Å². The molecule has 1 aliphatic heterocycles. The summed E-state index contributed by atoms with van der Waals surface area (Å²) in [5.41, 5.74) is 0.802. The number of nitro groups is 1. The summed E-state index contributed by atoms with van der Waals surface area (Å²) in [7, 11) is 1.60. The van der Waals surface area contributed by atoms with Crippen molar-refractivity contribution in [1.82, 2.24) is 4.90 Å². The maximum Gasteiger partial charge on any atom is 0.311 e. The van der Waals surface area contributed by atoms with E-state index in [0.717, 1.165) is 24.2 Å². The summed E-state index contributed by atoms with van der Waals surface area (Å²) in [5, 5.41) is 11.4. The number of rotatable bonds is 6. The molecule has 27 heavy (non-hydrogen) atoms. The molecule has 0 radical (unpaired) electrons. The van der Waals surface area contributed by atoms with Gasteiger partial charge in [0, 0.05) is 23.7 Å². The van der Waals surface area contributed by atoms with Crippen LogP contribution in [-0.2, 0) is 4.79 Å². The summed E-state index contributed by atoms with van der Waals surface area (Å²) in [6.45, 7) is 0.338. The lowest BCUT2D eigenvalue weighted by molar-refractivity contribution is -0.385. The van der Waals surface area contributed by atoms with Crippen LogP contribution in [0.25, 0.3) is 0 Å². The third kappa shape index (κ3) is 4.31. The van der Waals surface area contributed by atoms with Crippen molar-refractivity contribution < 1.29 is 19.2 Å². The fourth-order valence-electron chi connectivity index (χ4n) is 3.21. The number of ether oxygens (including phenoxy) is 2. The second kappa shape index (κ2) is 8.26. The predicted octanol–water partition coefficient (Wildman–Crippen LogP) is 4.00. The number of hydrogen-bond donors (Lipinski definition) is 0. The van der Waals surface area contributed by atoms with Gasteiger partial charge in [-0.15, -0.1) is 0 Å². The highest BCUT2D eigenvalue weighted by Gasteiger charge is 2.30. The van der Waals surface area contributed by atoms with E-state index in [9.17, 15) is 14.9 Å². The van der Waals surface area contributed by atoms with Crippen molar-refractivity contribution in [3.8, 4) is 11.5 Å². The Morgan fingerprint density at radius 3 is 2.70 bits per heavy atom. The minimum Gasteiger partial charge on any atom is -0.497 e. The number of hydrogen-bond acceptors (Lipinski definition) is 5. The zero-order valence-corrected chi connectivity index (χ0v) is 15.5. The van der Waals surface area contributed by atoms with Crippen LogP contribution in [-0.4, -0.2) is 36.0 Å². The molecular formula is C19H19ClN2O5. The monoisotopic (exact) mass is 390 g/mol. The summed E-state index contributed by atoms with van der Waals surface area (Å²) >= 11 is 5.88. The third-order valence-electron chi connectivity index (χ3n) is 4.54. The first-order chi connectivity index (χ1) is 13.0. The Kier molecular flexibility index (Phi) is 5.81. The number of nitrogens with zero attached hydrogens (tertiary/aromatic N) is 2. The maximum absolute atomic E-state index is 12.7. The van der Waals surface area contributed by atoms with Crippen molar-refractivity contribution in [3.05, 3.63) is 63.2 Å². The average Bonchev–Trinajstić information content (AvgIpc) is 3.16. The van der Waals surface area contributed by atoms with Crippen molar-refractivity contribution in [1.29, 1.82) is 0 Å². The molecule has 3 rings (SSSR count). The van der Waals surface area contributed by atoms with Gasteiger partial charge in [0.2, 0.25) is 0 Å². The van der Waals surface area contributed by atoms with Gasteiger partial charge in [0.1, 0.15) is 5.75 Å². The van der Waals surface area contributed by atoms with Gasteiger partial charge in [0.05, 0.1) is 18.1 Å². The van der Waals surface area contributed by atoms with Gasteiger partial charge < -0.3 is 14.4 Å². The van der Waals surface area contributed by atoms with Crippen LogP contribution in [0.4, 0.5) is 5.69 Å². The van der Waals surface area contributed by atoms with E-state index in [4.69, 9.17) is 21.1 Å². The van der Waals surface area contributed by atoms with Gasteiger partial charge in [-0.25, -0.2) is 0 Å². The van der Waals surface area contributed by atoms with Crippen LogP contribution in [0.5, 0.6) is 11.5 Å².